The van der Waals surface area contributed by atoms with Gasteiger partial charge in [0.25, 0.3) is 5.56 Å². The van der Waals surface area contributed by atoms with Gasteiger partial charge in [-0.2, -0.15) is 0 Å². The maximum atomic E-state index is 12.9. The van der Waals surface area contributed by atoms with E-state index in [1.54, 1.807) is 0 Å². The molecule has 2 aromatic rings. The Morgan fingerprint density at radius 3 is 2.71 bits per heavy atom. The summed E-state index contributed by atoms with van der Waals surface area (Å²) in [5.74, 6) is 0.468. The minimum Gasteiger partial charge on any atom is -0.392 e. The number of halogens is 2. The molecule has 156 valence electrons. The summed E-state index contributed by atoms with van der Waals surface area (Å²) in [4.78, 5) is 21.8. The maximum absolute atomic E-state index is 12.9. The highest BCUT2D eigenvalue weighted by Gasteiger charge is 2.27. The molecule has 2 aromatic heterocycles. The first-order valence-electron chi connectivity index (χ1n) is 9.49. The topological polar surface area (TPSA) is 100 Å². The van der Waals surface area contributed by atoms with Crippen molar-refractivity contribution in [3.63, 3.8) is 0 Å². The fourth-order valence-electron chi connectivity index (χ4n) is 3.81. The van der Waals surface area contributed by atoms with Gasteiger partial charge in [0, 0.05) is 17.7 Å². The van der Waals surface area contributed by atoms with E-state index in [0.717, 1.165) is 43.5 Å². The molecule has 0 bridgehead atoms. The zero-order chi connectivity index (χ0) is 18.3. The van der Waals surface area contributed by atoms with Crippen LogP contribution >= 0.6 is 24.8 Å². The first-order valence-corrected chi connectivity index (χ1v) is 9.49. The highest BCUT2D eigenvalue weighted by atomic mass is 35.5. The van der Waals surface area contributed by atoms with Crippen LogP contribution < -0.4 is 10.9 Å². The number of nitrogens with one attached hydrogen (secondary N) is 1. The predicted molar refractivity (Wildman–Crippen MR) is 113 cm³/mol. The van der Waals surface area contributed by atoms with E-state index in [4.69, 9.17) is 0 Å². The Labute approximate surface area is 176 Å². The van der Waals surface area contributed by atoms with Crippen LogP contribution in [0.25, 0.3) is 11.0 Å². The van der Waals surface area contributed by atoms with E-state index in [2.05, 4.69) is 15.3 Å². The molecule has 1 aliphatic heterocycles. The number of fused-ring (bicyclic) bond motifs is 1. The van der Waals surface area contributed by atoms with Crippen molar-refractivity contribution in [1.29, 1.82) is 0 Å². The van der Waals surface area contributed by atoms with Gasteiger partial charge in [0.05, 0.1) is 30.6 Å². The molecule has 0 amide bonds. The monoisotopic (exact) mass is 430 g/mol. The van der Waals surface area contributed by atoms with E-state index >= 15 is 0 Å². The van der Waals surface area contributed by atoms with Crippen LogP contribution in [0.1, 0.15) is 49.3 Å². The lowest BCUT2D eigenvalue weighted by Gasteiger charge is -2.30. The van der Waals surface area contributed by atoms with Crippen molar-refractivity contribution in [2.45, 2.75) is 69.7 Å². The summed E-state index contributed by atoms with van der Waals surface area (Å²) < 4.78 is 1.44. The van der Waals surface area contributed by atoms with E-state index in [0.29, 0.717) is 23.4 Å². The molecule has 3 atom stereocenters. The molecule has 28 heavy (non-hydrogen) atoms. The molecule has 0 spiro atoms. The zero-order valence-electron chi connectivity index (χ0n) is 15.9. The van der Waals surface area contributed by atoms with Crippen LogP contribution in [0.3, 0.4) is 0 Å². The molecule has 0 aromatic carbocycles. The van der Waals surface area contributed by atoms with E-state index in [1.165, 1.54) is 10.9 Å². The highest BCUT2D eigenvalue weighted by molar-refractivity contribution is 5.85. The van der Waals surface area contributed by atoms with Gasteiger partial charge in [0.2, 0.25) is 0 Å². The van der Waals surface area contributed by atoms with Gasteiger partial charge in [-0.15, -0.1) is 24.8 Å². The van der Waals surface area contributed by atoms with Gasteiger partial charge in [-0.05, 0) is 57.2 Å². The molecule has 1 saturated heterocycles. The van der Waals surface area contributed by atoms with Crippen molar-refractivity contribution in [2.24, 2.45) is 0 Å². The third-order valence-electron chi connectivity index (χ3n) is 5.47. The molecule has 4 rings (SSSR count). The van der Waals surface area contributed by atoms with Gasteiger partial charge in [-0.1, -0.05) is 0 Å². The first kappa shape index (κ1) is 23.0. The number of nitrogens with zero attached hydrogens (tertiary/aromatic N) is 3. The largest absolute Gasteiger partial charge is 0.392 e. The molecule has 7 nitrogen and oxygen atoms in total. The lowest BCUT2D eigenvalue weighted by Crippen LogP contribution is -2.47. The summed E-state index contributed by atoms with van der Waals surface area (Å²) in [5, 5.41) is 23.7. The highest BCUT2D eigenvalue weighted by Crippen LogP contribution is 2.39. The Hall–Kier alpha value is -1.25. The third-order valence-corrected chi connectivity index (χ3v) is 5.47. The van der Waals surface area contributed by atoms with Crippen LogP contribution in [0.2, 0.25) is 0 Å². The molecule has 0 radical (unpaired) electrons. The third kappa shape index (κ3) is 4.83. The van der Waals surface area contributed by atoms with E-state index in [1.807, 2.05) is 13.0 Å². The van der Waals surface area contributed by atoms with Crippen molar-refractivity contribution in [1.82, 2.24) is 19.9 Å². The molecule has 1 unspecified atom stereocenters. The zero-order valence-corrected chi connectivity index (χ0v) is 17.5. The Balaban J connectivity index is 0.00000140. The van der Waals surface area contributed by atoms with Crippen molar-refractivity contribution in [3.8, 4) is 0 Å². The number of aliphatic hydroxyl groups excluding tert-OH is 2. The maximum Gasteiger partial charge on any atom is 0.279 e. The number of aliphatic hydroxyl groups is 2. The number of aryl methyl sites for hydroxylation is 1. The number of hydrogen-bond donors (Lipinski definition) is 3. The molecule has 2 aliphatic rings. The number of piperidine rings is 1. The molecule has 9 heteroatoms. The van der Waals surface area contributed by atoms with E-state index in [9.17, 15) is 15.0 Å². The van der Waals surface area contributed by atoms with E-state index < -0.39 is 12.2 Å². The van der Waals surface area contributed by atoms with Crippen LogP contribution in [0, 0.1) is 6.92 Å². The minimum absolute atomic E-state index is 0. The minimum atomic E-state index is -0.732. The predicted octanol–water partition coefficient (Wildman–Crippen LogP) is 1.68. The van der Waals surface area contributed by atoms with Crippen LogP contribution in [-0.4, -0.2) is 49.5 Å². The molecular weight excluding hydrogens is 403 g/mol. The van der Waals surface area contributed by atoms with Crippen molar-refractivity contribution < 1.29 is 10.2 Å². The Morgan fingerprint density at radius 1 is 1.29 bits per heavy atom. The van der Waals surface area contributed by atoms with Crippen molar-refractivity contribution in [3.05, 3.63) is 34.0 Å². The molecule has 2 fully saturated rings. The van der Waals surface area contributed by atoms with Gasteiger partial charge in [0.1, 0.15) is 0 Å². The first-order chi connectivity index (χ1) is 12.5. The molecule has 1 aliphatic carbocycles. The summed E-state index contributed by atoms with van der Waals surface area (Å²) >= 11 is 0. The summed E-state index contributed by atoms with van der Waals surface area (Å²) in [7, 11) is 0. The SMILES string of the molecule is Cc1cc(C2CC2)nc2c(=O)n(CC(O)C[C@H]3NCCC[C@@H]3O)cnc12.Cl.Cl. The summed E-state index contributed by atoms with van der Waals surface area (Å²) in [6.07, 6.45) is 4.65. The summed E-state index contributed by atoms with van der Waals surface area (Å²) in [6.45, 7) is 2.96. The fourth-order valence-corrected chi connectivity index (χ4v) is 3.81. The molecule has 1 saturated carbocycles. The van der Waals surface area contributed by atoms with Gasteiger partial charge in [0.15, 0.2) is 5.52 Å². The summed E-state index contributed by atoms with van der Waals surface area (Å²) in [6, 6.07) is 1.89. The van der Waals surface area contributed by atoms with Crippen LogP contribution in [0.15, 0.2) is 17.2 Å². The fraction of sp³-hybridized carbons (Fsp3) is 0.632. The lowest BCUT2D eigenvalue weighted by molar-refractivity contribution is 0.0539. The van der Waals surface area contributed by atoms with Crippen LogP contribution in [-0.2, 0) is 6.54 Å². The smallest absolute Gasteiger partial charge is 0.279 e. The van der Waals surface area contributed by atoms with Crippen molar-refractivity contribution >= 4 is 35.8 Å². The average Bonchev–Trinajstić information content (AvgIpc) is 3.45. The van der Waals surface area contributed by atoms with Crippen molar-refractivity contribution in [2.75, 3.05) is 6.54 Å². The lowest BCUT2D eigenvalue weighted by atomic mass is 9.96. The quantitative estimate of drug-likeness (QED) is 0.666. The number of aromatic nitrogens is 3. The van der Waals surface area contributed by atoms with Crippen LogP contribution in [0.5, 0.6) is 0 Å². The number of rotatable bonds is 5. The van der Waals surface area contributed by atoms with Crippen LogP contribution in [0.4, 0.5) is 0 Å². The number of hydrogen-bond acceptors (Lipinski definition) is 6. The van der Waals surface area contributed by atoms with Gasteiger partial charge >= 0.3 is 0 Å². The Morgan fingerprint density at radius 2 is 2.04 bits per heavy atom. The second kappa shape index (κ2) is 9.50. The standard InChI is InChI=1S/C19H26N4O3.2ClH/c1-11-7-14(12-4-5-12)22-18-17(11)21-10-23(19(18)26)9-13(24)8-15-16(25)3-2-6-20-15;;/h7,10,12-13,15-16,20,24-25H,2-6,8-9H2,1H3;2*1H/t13?,15-,16+;;/m1../s1. The molecular formula is C19H28Cl2N4O3. The van der Waals surface area contributed by atoms with Gasteiger partial charge < -0.3 is 15.5 Å². The second-order valence-electron chi connectivity index (χ2n) is 7.70. The second-order valence-corrected chi connectivity index (χ2v) is 7.70. The Bertz CT molecular complexity index is 872. The Kier molecular flexibility index (Phi) is 7.81. The molecule has 3 heterocycles. The van der Waals surface area contributed by atoms with E-state index in [-0.39, 0.29) is 43.0 Å². The van der Waals surface area contributed by atoms with Gasteiger partial charge in [-0.3, -0.25) is 9.36 Å². The average molecular weight is 431 g/mol. The number of pyridine rings is 1. The summed E-state index contributed by atoms with van der Waals surface area (Å²) in [5.41, 5.74) is 2.75. The van der Waals surface area contributed by atoms with Gasteiger partial charge in [-0.25, -0.2) is 9.97 Å². The normalized spacial score (nSPS) is 23.0. The molecule has 3 N–H and O–H groups in total.